The molecule has 1 aliphatic heterocycles. The zero-order valence-electron chi connectivity index (χ0n) is 10.4. The number of rotatable bonds is 3. The largest absolute Gasteiger partial charge is 0.379 e. The van der Waals surface area contributed by atoms with Crippen LogP contribution < -0.4 is 0 Å². The van der Waals surface area contributed by atoms with Gasteiger partial charge in [0.1, 0.15) is 0 Å². The number of ether oxygens (including phenoxy) is 1. The van der Waals surface area contributed by atoms with E-state index in [1.165, 1.54) is 17.1 Å². The molecule has 0 atom stereocenters. The number of aromatic nitrogens is 2. The average molecular weight is 296 g/mol. The number of morpholine rings is 1. The number of halogens is 1. The van der Waals surface area contributed by atoms with Crippen LogP contribution in [0.3, 0.4) is 0 Å². The highest BCUT2D eigenvalue weighted by Gasteiger charge is 2.15. The van der Waals surface area contributed by atoms with Crippen LogP contribution in [-0.2, 0) is 11.3 Å². The first-order valence-electron chi connectivity index (χ1n) is 6.20. The monoisotopic (exact) mass is 295 g/mol. The smallest absolute Gasteiger partial charge is 0.203 e. The summed E-state index contributed by atoms with van der Waals surface area (Å²) >= 11 is 7.10. The van der Waals surface area contributed by atoms with Crippen molar-refractivity contribution in [3.63, 3.8) is 0 Å². The van der Waals surface area contributed by atoms with Crippen molar-refractivity contribution in [1.29, 1.82) is 0 Å². The average Bonchev–Trinajstić information content (AvgIpc) is 2.87. The van der Waals surface area contributed by atoms with Crippen molar-refractivity contribution >= 4 is 23.1 Å². The molecule has 2 aromatic rings. The molecule has 1 fully saturated rings. The Kier molecular flexibility index (Phi) is 4.08. The lowest BCUT2D eigenvalue weighted by molar-refractivity contribution is 0.0342. The van der Waals surface area contributed by atoms with Gasteiger partial charge < -0.3 is 4.74 Å². The first-order chi connectivity index (χ1) is 9.33. The van der Waals surface area contributed by atoms with Crippen LogP contribution in [0.4, 0.5) is 0 Å². The van der Waals surface area contributed by atoms with Crippen molar-refractivity contribution in [3.05, 3.63) is 34.3 Å². The lowest BCUT2D eigenvalue weighted by atomic mass is 10.1. The third-order valence-electron chi connectivity index (χ3n) is 3.16. The second-order valence-electron chi connectivity index (χ2n) is 4.42. The Morgan fingerprint density at radius 3 is 2.79 bits per heavy atom. The maximum absolute atomic E-state index is 5.87. The van der Waals surface area contributed by atoms with Crippen LogP contribution in [0.25, 0.3) is 11.4 Å². The van der Waals surface area contributed by atoms with Gasteiger partial charge in [0, 0.05) is 25.2 Å². The fourth-order valence-electron chi connectivity index (χ4n) is 2.19. The molecule has 0 amide bonds. The standard InChI is InChI=1S/C13H14ClN3OS/c14-13-15-12(16-19-13)11-4-2-1-3-10(11)9-17-5-7-18-8-6-17/h1-4H,5-9H2. The number of hydrogen-bond donors (Lipinski definition) is 0. The highest BCUT2D eigenvalue weighted by Crippen LogP contribution is 2.25. The van der Waals surface area contributed by atoms with E-state index < -0.39 is 0 Å². The van der Waals surface area contributed by atoms with E-state index in [-0.39, 0.29) is 0 Å². The fraction of sp³-hybridized carbons (Fsp3) is 0.385. The summed E-state index contributed by atoms with van der Waals surface area (Å²) in [6, 6.07) is 8.23. The van der Waals surface area contributed by atoms with E-state index in [1.54, 1.807) is 0 Å². The molecule has 0 aliphatic carbocycles. The van der Waals surface area contributed by atoms with Crippen molar-refractivity contribution in [2.45, 2.75) is 6.54 Å². The van der Waals surface area contributed by atoms with Crippen LogP contribution in [0.2, 0.25) is 4.47 Å². The van der Waals surface area contributed by atoms with Gasteiger partial charge in [0.25, 0.3) is 0 Å². The minimum Gasteiger partial charge on any atom is -0.379 e. The molecule has 0 N–H and O–H groups in total. The Balaban J connectivity index is 1.84. The molecule has 1 aromatic carbocycles. The Morgan fingerprint density at radius 1 is 1.26 bits per heavy atom. The predicted octanol–water partition coefficient (Wildman–Crippen LogP) is 2.69. The zero-order valence-corrected chi connectivity index (χ0v) is 12.0. The summed E-state index contributed by atoms with van der Waals surface area (Å²) in [7, 11) is 0. The molecule has 0 unspecified atom stereocenters. The quantitative estimate of drug-likeness (QED) is 0.873. The lowest BCUT2D eigenvalue weighted by Crippen LogP contribution is -2.35. The molecule has 3 rings (SSSR count). The van der Waals surface area contributed by atoms with E-state index in [2.05, 4.69) is 20.3 Å². The Morgan fingerprint density at radius 2 is 2.05 bits per heavy atom. The van der Waals surface area contributed by atoms with Gasteiger partial charge >= 0.3 is 0 Å². The molecule has 0 bridgehead atoms. The van der Waals surface area contributed by atoms with Crippen LogP contribution in [0, 0.1) is 0 Å². The Hall–Kier alpha value is -1.01. The van der Waals surface area contributed by atoms with Crippen molar-refractivity contribution < 1.29 is 4.74 Å². The van der Waals surface area contributed by atoms with E-state index in [0.717, 1.165) is 44.2 Å². The van der Waals surface area contributed by atoms with E-state index in [0.29, 0.717) is 4.47 Å². The SMILES string of the molecule is Clc1nc(-c2ccccc2CN2CCOCC2)ns1. The first-order valence-corrected chi connectivity index (χ1v) is 7.35. The van der Waals surface area contributed by atoms with Gasteiger partial charge in [0.2, 0.25) is 4.47 Å². The molecule has 100 valence electrons. The van der Waals surface area contributed by atoms with Crippen LogP contribution in [0.15, 0.2) is 24.3 Å². The van der Waals surface area contributed by atoms with Gasteiger partial charge in [-0.2, -0.15) is 4.37 Å². The molecule has 1 saturated heterocycles. The van der Waals surface area contributed by atoms with Gasteiger partial charge in [-0.1, -0.05) is 24.3 Å². The first kappa shape index (κ1) is 13.0. The van der Waals surface area contributed by atoms with Crippen molar-refractivity contribution in [3.8, 4) is 11.4 Å². The topological polar surface area (TPSA) is 38.2 Å². The molecule has 2 heterocycles. The van der Waals surface area contributed by atoms with Crippen LogP contribution in [-0.4, -0.2) is 40.6 Å². The molecule has 19 heavy (non-hydrogen) atoms. The molecule has 0 saturated carbocycles. The summed E-state index contributed by atoms with van der Waals surface area (Å²) < 4.78 is 10.2. The molecular weight excluding hydrogens is 282 g/mol. The summed E-state index contributed by atoms with van der Waals surface area (Å²) in [4.78, 5) is 6.65. The maximum atomic E-state index is 5.87. The molecule has 0 radical (unpaired) electrons. The summed E-state index contributed by atoms with van der Waals surface area (Å²) in [5, 5.41) is 0. The van der Waals surface area contributed by atoms with Crippen molar-refractivity contribution in [2.24, 2.45) is 0 Å². The van der Waals surface area contributed by atoms with Crippen LogP contribution in [0.5, 0.6) is 0 Å². The van der Waals surface area contributed by atoms with Crippen LogP contribution >= 0.6 is 23.1 Å². The minimum atomic E-state index is 0.483. The van der Waals surface area contributed by atoms with Crippen LogP contribution in [0.1, 0.15) is 5.56 Å². The van der Waals surface area contributed by atoms with Gasteiger partial charge in [0.15, 0.2) is 5.82 Å². The predicted molar refractivity (Wildman–Crippen MR) is 76.5 cm³/mol. The summed E-state index contributed by atoms with van der Waals surface area (Å²) in [6.07, 6.45) is 0. The molecule has 0 spiro atoms. The second kappa shape index (κ2) is 5.96. The van der Waals surface area contributed by atoms with Gasteiger partial charge in [-0.3, -0.25) is 4.90 Å². The second-order valence-corrected chi connectivity index (χ2v) is 5.75. The molecule has 1 aliphatic rings. The normalized spacial score (nSPS) is 16.7. The van der Waals surface area contributed by atoms with Gasteiger partial charge in [0.05, 0.1) is 13.2 Å². The maximum Gasteiger partial charge on any atom is 0.203 e. The van der Waals surface area contributed by atoms with Crippen molar-refractivity contribution in [2.75, 3.05) is 26.3 Å². The third kappa shape index (κ3) is 3.12. The number of hydrogen-bond acceptors (Lipinski definition) is 5. The van der Waals surface area contributed by atoms with E-state index in [9.17, 15) is 0 Å². The highest BCUT2D eigenvalue weighted by atomic mass is 35.5. The Labute approximate surface area is 121 Å². The van der Waals surface area contributed by atoms with E-state index in [4.69, 9.17) is 16.3 Å². The molecule has 1 aromatic heterocycles. The molecule has 6 heteroatoms. The van der Waals surface area contributed by atoms with Crippen molar-refractivity contribution in [1.82, 2.24) is 14.3 Å². The van der Waals surface area contributed by atoms with E-state index in [1.807, 2.05) is 18.2 Å². The fourth-order valence-corrected chi connectivity index (χ4v) is 2.80. The van der Waals surface area contributed by atoms with E-state index >= 15 is 0 Å². The molecule has 4 nitrogen and oxygen atoms in total. The summed E-state index contributed by atoms with van der Waals surface area (Å²) in [6.45, 7) is 4.46. The molecular formula is C13H14ClN3OS. The Bertz CT molecular complexity index is 554. The summed E-state index contributed by atoms with van der Waals surface area (Å²) in [5.41, 5.74) is 2.30. The minimum absolute atomic E-state index is 0.483. The number of benzene rings is 1. The number of nitrogens with zero attached hydrogens (tertiary/aromatic N) is 3. The van der Waals surface area contributed by atoms with Gasteiger partial charge in [-0.05, 0) is 28.7 Å². The highest BCUT2D eigenvalue weighted by molar-refractivity contribution is 7.10. The summed E-state index contributed by atoms with van der Waals surface area (Å²) in [5.74, 6) is 0.721. The van der Waals surface area contributed by atoms with Gasteiger partial charge in [-0.25, -0.2) is 4.98 Å². The van der Waals surface area contributed by atoms with Gasteiger partial charge in [-0.15, -0.1) is 0 Å². The third-order valence-corrected chi connectivity index (χ3v) is 3.95. The zero-order chi connectivity index (χ0) is 13.1. The lowest BCUT2D eigenvalue weighted by Gasteiger charge is -2.27.